The van der Waals surface area contributed by atoms with E-state index >= 15 is 0 Å². The Balaban J connectivity index is 2.01. The molecule has 0 N–H and O–H groups in total. The number of unbranched alkanes of at least 4 members (excludes halogenated alkanes) is 13. The fraction of sp³-hybridized carbons (Fsp3) is 0.651. The maximum atomic E-state index is 14.5. The first-order valence-electron chi connectivity index (χ1n) is 20.2. The Morgan fingerprint density at radius 1 is 0.471 bits per heavy atom. The number of aryl methyl sites for hydroxylation is 1. The van der Waals surface area contributed by atoms with Crippen LogP contribution in [-0.2, 0) is 6.54 Å². The van der Waals surface area contributed by atoms with E-state index in [9.17, 15) is 4.79 Å². The summed E-state index contributed by atoms with van der Waals surface area (Å²) in [5.41, 5.74) is 1.99. The van der Waals surface area contributed by atoms with Gasteiger partial charge in [0, 0.05) is 24.2 Å². The molecule has 286 valence electrons. The lowest BCUT2D eigenvalue weighted by Gasteiger charge is -2.24. The van der Waals surface area contributed by atoms with Gasteiger partial charge in [0.2, 0.25) is 11.2 Å². The Kier molecular flexibility index (Phi) is 19.6. The molecule has 0 fully saturated rings. The molecule has 0 atom stereocenters. The Morgan fingerprint density at radius 3 is 1.41 bits per heavy atom. The molecule has 0 aliphatic carbocycles. The molecule has 0 aliphatic rings. The molecule has 2 aromatic carbocycles. The van der Waals surface area contributed by atoms with Gasteiger partial charge in [0.1, 0.15) is 11.5 Å². The minimum absolute atomic E-state index is 0.213. The molecule has 0 saturated heterocycles. The minimum atomic E-state index is -0.213. The largest absolute Gasteiger partial charge is 0.494 e. The highest BCUT2D eigenvalue weighted by Crippen LogP contribution is 2.45. The molecule has 0 spiro atoms. The summed E-state index contributed by atoms with van der Waals surface area (Å²) in [6.07, 6.45) is 18.0. The first-order chi connectivity index (χ1) is 25.0. The number of aromatic nitrogens is 1. The van der Waals surface area contributed by atoms with Gasteiger partial charge in [0.15, 0.2) is 17.2 Å². The van der Waals surface area contributed by atoms with E-state index in [1.165, 1.54) is 77.0 Å². The van der Waals surface area contributed by atoms with Gasteiger partial charge in [-0.15, -0.1) is 0 Å². The zero-order chi connectivity index (χ0) is 36.8. The topological polar surface area (TPSA) is 77.4 Å². The van der Waals surface area contributed by atoms with E-state index < -0.39 is 0 Å². The van der Waals surface area contributed by atoms with Gasteiger partial charge < -0.3 is 33.0 Å². The van der Waals surface area contributed by atoms with Crippen molar-refractivity contribution in [3.05, 3.63) is 34.5 Å². The van der Waals surface area contributed by atoms with Gasteiger partial charge in [-0.05, 0) is 60.1 Å². The highest BCUT2D eigenvalue weighted by Gasteiger charge is 2.26. The molecule has 0 bridgehead atoms. The lowest BCUT2D eigenvalue weighted by molar-refractivity contribution is 0.261. The summed E-state index contributed by atoms with van der Waals surface area (Å²) in [6, 6.07) is 7.67. The highest BCUT2D eigenvalue weighted by atomic mass is 16.5. The molecule has 1 aromatic heterocycles. The van der Waals surface area contributed by atoms with E-state index in [0.29, 0.717) is 86.0 Å². The van der Waals surface area contributed by atoms with Crippen LogP contribution in [0.15, 0.2) is 29.1 Å². The molecule has 0 radical (unpaired) electrons. The number of hydrogen-bond donors (Lipinski definition) is 0. The van der Waals surface area contributed by atoms with Crippen LogP contribution >= 0.6 is 0 Å². The zero-order valence-corrected chi connectivity index (χ0v) is 33.0. The van der Waals surface area contributed by atoms with Crippen molar-refractivity contribution in [3.8, 4) is 45.8 Å². The molecule has 3 rings (SSSR count). The van der Waals surface area contributed by atoms with Crippen molar-refractivity contribution < 1.29 is 28.4 Å². The molecular formula is C43H67NO7. The second-order valence-electron chi connectivity index (χ2n) is 13.0. The summed E-state index contributed by atoms with van der Waals surface area (Å²) in [5, 5.41) is 0.499. The third kappa shape index (κ3) is 12.3. The molecular weight excluding hydrogens is 642 g/mol. The average molecular weight is 710 g/mol. The summed E-state index contributed by atoms with van der Waals surface area (Å²) in [4.78, 5) is 14.5. The van der Waals surface area contributed by atoms with Crippen molar-refractivity contribution in [2.24, 2.45) is 0 Å². The fourth-order valence-electron chi connectivity index (χ4n) is 6.79. The maximum absolute atomic E-state index is 14.5. The summed E-state index contributed by atoms with van der Waals surface area (Å²) in [6.45, 7) is 17.2. The third-order valence-corrected chi connectivity index (χ3v) is 9.08. The van der Waals surface area contributed by atoms with Gasteiger partial charge in [-0.1, -0.05) is 90.4 Å². The van der Waals surface area contributed by atoms with Gasteiger partial charge in [0.05, 0.1) is 56.2 Å². The quantitative estimate of drug-likeness (QED) is 0.0694. The molecule has 0 unspecified atom stereocenters. The molecule has 1 heterocycles. The normalized spacial score (nSPS) is 11.2. The van der Waals surface area contributed by atoms with Crippen LogP contribution in [0.5, 0.6) is 34.5 Å². The molecule has 0 saturated carbocycles. The van der Waals surface area contributed by atoms with E-state index in [1.807, 2.05) is 65.8 Å². The smallest absolute Gasteiger partial charge is 0.235 e. The summed E-state index contributed by atoms with van der Waals surface area (Å²) >= 11 is 0. The Labute approximate surface area is 308 Å². The number of pyridine rings is 1. The predicted molar refractivity (Wildman–Crippen MR) is 211 cm³/mol. The Hall–Kier alpha value is -3.55. The van der Waals surface area contributed by atoms with Crippen molar-refractivity contribution in [1.82, 2.24) is 4.57 Å². The minimum Gasteiger partial charge on any atom is -0.494 e. The van der Waals surface area contributed by atoms with Crippen LogP contribution in [0, 0.1) is 0 Å². The van der Waals surface area contributed by atoms with E-state index in [1.54, 1.807) is 0 Å². The third-order valence-electron chi connectivity index (χ3n) is 9.08. The monoisotopic (exact) mass is 709 g/mol. The molecule has 3 aromatic rings. The van der Waals surface area contributed by atoms with Crippen molar-refractivity contribution in [2.75, 3.05) is 39.6 Å². The number of ether oxygens (including phenoxy) is 6. The van der Waals surface area contributed by atoms with Crippen LogP contribution in [0.3, 0.4) is 0 Å². The van der Waals surface area contributed by atoms with E-state index in [0.717, 1.165) is 23.9 Å². The van der Waals surface area contributed by atoms with Crippen molar-refractivity contribution in [2.45, 2.75) is 145 Å². The average Bonchev–Trinajstić information content (AvgIpc) is 3.11. The number of fused-ring (bicyclic) bond motifs is 1. The number of benzene rings is 2. The van der Waals surface area contributed by atoms with Gasteiger partial charge in [0.25, 0.3) is 0 Å². The molecule has 8 nitrogen and oxygen atoms in total. The SMILES string of the molecule is CCCCCCCCCCCCCCCCn1c(-c2cc(OCC)c(OCC)c(OCC)c2)c(OCC)c(=O)c2c(OCC)cc(OCC)cc21. The van der Waals surface area contributed by atoms with Crippen molar-refractivity contribution in [3.63, 3.8) is 0 Å². The van der Waals surface area contributed by atoms with Crippen LogP contribution in [0.25, 0.3) is 22.2 Å². The summed E-state index contributed by atoms with van der Waals surface area (Å²) < 4.78 is 38.8. The van der Waals surface area contributed by atoms with Crippen molar-refractivity contribution >= 4 is 10.9 Å². The van der Waals surface area contributed by atoms with Gasteiger partial charge in [-0.3, -0.25) is 4.79 Å². The predicted octanol–water partition coefficient (Wildman–Crippen LogP) is 11.5. The van der Waals surface area contributed by atoms with Crippen LogP contribution in [-0.4, -0.2) is 44.2 Å². The summed E-state index contributed by atoms with van der Waals surface area (Å²) in [7, 11) is 0. The number of hydrogen-bond acceptors (Lipinski definition) is 7. The Morgan fingerprint density at radius 2 is 0.922 bits per heavy atom. The first-order valence-corrected chi connectivity index (χ1v) is 20.2. The Bertz CT molecular complexity index is 1470. The van der Waals surface area contributed by atoms with Crippen molar-refractivity contribution in [1.29, 1.82) is 0 Å². The molecule has 0 aliphatic heterocycles. The summed E-state index contributed by atoms with van der Waals surface area (Å²) in [5.74, 6) is 3.14. The number of nitrogens with zero attached hydrogens (tertiary/aromatic N) is 1. The zero-order valence-electron chi connectivity index (χ0n) is 33.0. The van der Waals surface area contributed by atoms with Crippen LogP contribution in [0.1, 0.15) is 138 Å². The second-order valence-corrected chi connectivity index (χ2v) is 13.0. The lowest BCUT2D eigenvalue weighted by Crippen LogP contribution is -2.18. The van der Waals surface area contributed by atoms with Gasteiger partial charge in [-0.25, -0.2) is 0 Å². The van der Waals surface area contributed by atoms with E-state index in [-0.39, 0.29) is 11.2 Å². The van der Waals surface area contributed by atoms with Crippen LogP contribution in [0.2, 0.25) is 0 Å². The highest BCUT2D eigenvalue weighted by molar-refractivity contribution is 5.92. The fourth-order valence-corrected chi connectivity index (χ4v) is 6.79. The van der Waals surface area contributed by atoms with Crippen LogP contribution < -0.4 is 33.8 Å². The van der Waals surface area contributed by atoms with Gasteiger partial charge in [-0.2, -0.15) is 0 Å². The van der Waals surface area contributed by atoms with E-state index in [2.05, 4.69) is 11.5 Å². The van der Waals surface area contributed by atoms with E-state index in [4.69, 9.17) is 28.4 Å². The molecule has 51 heavy (non-hydrogen) atoms. The number of rotatable bonds is 28. The lowest BCUT2D eigenvalue weighted by atomic mass is 10.0. The first kappa shape index (κ1) is 41.9. The molecule has 0 amide bonds. The van der Waals surface area contributed by atoms with Gasteiger partial charge >= 0.3 is 0 Å². The van der Waals surface area contributed by atoms with Crippen LogP contribution in [0.4, 0.5) is 0 Å². The standard InChI is InChI=1S/C43H67NO7/c1-8-15-16-17-18-19-20-21-22-23-24-25-26-27-28-44-35-31-34(46-9-2)32-36(47-10-3)39(35)41(45)43(51-14-7)40(44)33-29-37(48-11-4)42(50-13-6)38(30-33)49-12-5/h29-32H,8-28H2,1-7H3. The maximum Gasteiger partial charge on any atom is 0.235 e. The molecule has 8 heteroatoms. The second kappa shape index (κ2) is 23.8.